The number of rotatable bonds is 3. The lowest BCUT2D eigenvalue weighted by Crippen LogP contribution is -2.38. The monoisotopic (exact) mass is 343 g/mol. The van der Waals surface area contributed by atoms with Crippen molar-refractivity contribution >= 4 is 17.2 Å². The number of pyridine rings is 1. The van der Waals surface area contributed by atoms with Gasteiger partial charge in [-0.2, -0.15) is 0 Å². The van der Waals surface area contributed by atoms with Crippen LogP contribution in [0.3, 0.4) is 0 Å². The molecular formula is C19H25N3OS. The minimum Gasteiger partial charge on any atom is -0.342 e. The van der Waals surface area contributed by atoms with Gasteiger partial charge in [-0.25, -0.2) is 4.98 Å². The van der Waals surface area contributed by atoms with Crippen LogP contribution in [-0.4, -0.2) is 33.9 Å². The van der Waals surface area contributed by atoms with Crippen LogP contribution < -0.4 is 0 Å². The van der Waals surface area contributed by atoms with Crippen LogP contribution in [0.25, 0.3) is 10.7 Å². The van der Waals surface area contributed by atoms with Gasteiger partial charge in [0.05, 0.1) is 5.69 Å². The SMILES string of the molecule is Cc1csc(-c2cccc(CC3CCN(C(=O)C(C)(C)C)C3)n2)n1. The topological polar surface area (TPSA) is 46.1 Å². The minimum absolute atomic E-state index is 0.255. The van der Waals surface area contributed by atoms with Crippen LogP contribution in [0.2, 0.25) is 0 Å². The molecule has 24 heavy (non-hydrogen) atoms. The van der Waals surface area contributed by atoms with E-state index >= 15 is 0 Å². The number of aromatic nitrogens is 2. The Morgan fingerprint density at radius 3 is 2.79 bits per heavy atom. The third-order valence-corrected chi connectivity index (χ3v) is 5.34. The summed E-state index contributed by atoms with van der Waals surface area (Å²) in [6.45, 7) is 9.69. The lowest BCUT2D eigenvalue weighted by Gasteiger charge is -2.25. The van der Waals surface area contributed by atoms with Crippen molar-refractivity contribution < 1.29 is 4.79 Å². The van der Waals surface area contributed by atoms with Crippen LogP contribution in [0.5, 0.6) is 0 Å². The standard InChI is InChI=1S/C19H25N3OS/c1-13-12-24-17(20-13)16-7-5-6-15(21-16)10-14-8-9-22(11-14)18(23)19(2,3)4/h5-7,12,14H,8-11H2,1-4H3. The van der Waals surface area contributed by atoms with E-state index < -0.39 is 0 Å². The number of aryl methyl sites for hydroxylation is 1. The van der Waals surface area contributed by atoms with E-state index in [0.29, 0.717) is 5.92 Å². The van der Waals surface area contributed by atoms with Gasteiger partial charge in [0, 0.05) is 35.3 Å². The van der Waals surface area contributed by atoms with Gasteiger partial charge in [0.1, 0.15) is 5.01 Å². The number of likely N-dealkylation sites (tertiary alicyclic amines) is 1. The summed E-state index contributed by atoms with van der Waals surface area (Å²) in [4.78, 5) is 23.7. The maximum absolute atomic E-state index is 12.4. The Balaban J connectivity index is 1.66. The van der Waals surface area contributed by atoms with Gasteiger partial charge in [-0.05, 0) is 37.8 Å². The number of carbonyl (C=O) groups excluding carboxylic acids is 1. The van der Waals surface area contributed by atoms with Crippen molar-refractivity contribution in [2.24, 2.45) is 11.3 Å². The Morgan fingerprint density at radius 2 is 2.12 bits per heavy atom. The van der Waals surface area contributed by atoms with Crippen molar-refractivity contribution in [1.82, 2.24) is 14.9 Å². The Labute approximate surface area is 147 Å². The summed E-state index contributed by atoms with van der Waals surface area (Å²) in [5.74, 6) is 0.752. The Morgan fingerprint density at radius 1 is 1.33 bits per heavy atom. The summed E-state index contributed by atoms with van der Waals surface area (Å²) in [6, 6.07) is 6.16. The molecule has 1 atom stereocenters. The molecule has 1 amide bonds. The summed E-state index contributed by atoms with van der Waals surface area (Å²) >= 11 is 1.63. The lowest BCUT2D eigenvalue weighted by molar-refractivity contribution is -0.138. The highest BCUT2D eigenvalue weighted by Crippen LogP contribution is 2.27. The summed E-state index contributed by atoms with van der Waals surface area (Å²) in [7, 11) is 0. The van der Waals surface area contributed by atoms with Crippen molar-refractivity contribution in [1.29, 1.82) is 0 Å². The highest BCUT2D eigenvalue weighted by molar-refractivity contribution is 7.13. The van der Waals surface area contributed by atoms with Crippen molar-refractivity contribution in [2.75, 3.05) is 13.1 Å². The molecule has 1 aliphatic rings. The van der Waals surface area contributed by atoms with Crippen LogP contribution >= 0.6 is 11.3 Å². The average Bonchev–Trinajstić information content (AvgIpc) is 3.15. The first-order valence-corrected chi connectivity index (χ1v) is 9.39. The summed E-state index contributed by atoms with van der Waals surface area (Å²) < 4.78 is 0. The van der Waals surface area contributed by atoms with Crippen molar-refractivity contribution in [3.05, 3.63) is 35.0 Å². The van der Waals surface area contributed by atoms with Crippen LogP contribution in [0.4, 0.5) is 0 Å². The molecule has 0 radical (unpaired) electrons. The van der Waals surface area contributed by atoms with Crippen molar-refractivity contribution in [3.63, 3.8) is 0 Å². The normalized spacial score (nSPS) is 18.2. The molecule has 4 nitrogen and oxygen atoms in total. The highest BCUT2D eigenvalue weighted by Gasteiger charge is 2.32. The molecule has 2 aromatic rings. The molecule has 3 rings (SSSR count). The largest absolute Gasteiger partial charge is 0.342 e. The number of hydrogen-bond acceptors (Lipinski definition) is 4. The van der Waals surface area contributed by atoms with Gasteiger partial charge in [-0.3, -0.25) is 9.78 Å². The molecule has 1 unspecified atom stereocenters. The maximum atomic E-state index is 12.4. The van der Waals surface area contributed by atoms with Crippen molar-refractivity contribution in [2.45, 2.75) is 40.5 Å². The zero-order valence-electron chi connectivity index (χ0n) is 14.9. The molecule has 3 heterocycles. The third kappa shape index (κ3) is 3.83. The number of nitrogens with zero attached hydrogens (tertiary/aromatic N) is 3. The van der Waals surface area contributed by atoms with E-state index in [0.717, 1.165) is 48.0 Å². The fraction of sp³-hybridized carbons (Fsp3) is 0.526. The van der Waals surface area contributed by atoms with E-state index in [1.54, 1.807) is 11.3 Å². The van der Waals surface area contributed by atoms with Gasteiger partial charge < -0.3 is 4.90 Å². The molecule has 1 fully saturated rings. The highest BCUT2D eigenvalue weighted by atomic mass is 32.1. The van der Waals surface area contributed by atoms with Gasteiger partial charge >= 0.3 is 0 Å². The fourth-order valence-electron chi connectivity index (χ4n) is 3.14. The zero-order valence-corrected chi connectivity index (χ0v) is 15.7. The molecule has 0 bridgehead atoms. The van der Waals surface area contributed by atoms with Gasteiger partial charge in [0.25, 0.3) is 0 Å². The van der Waals surface area contributed by atoms with Crippen LogP contribution in [0, 0.1) is 18.3 Å². The second-order valence-electron chi connectivity index (χ2n) is 7.67. The van der Waals surface area contributed by atoms with Crippen LogP contribution in [-0.2, 0) is 11.2 Å². The number of amides is 1. The third-order valence-electron chi connectivity index (χ3n) is 4.36. The van der Waals surface area contributed by atoms with Gasteiger partial charge in [-0.15, -0.1) is 11.3 Å². The summed E-state index contributed by atoms with van der Waals surface area (Å²) in [5.41, 5.74) is 2.78. The van der Waals surface area contributed by atoms with Gasteiger partial charge in [0.2, 0.25) is 5.91 Å². The Hall–Kier alpha value is -1.75. The predicted octanol–water partition coefficient (Wildman–Crippen LogP) is 3.95. The average molecular weight is 343 g/mol. The molecule has 5 heteroatoms. The first-order valence-electron chi connectivity index (χ1n) is 8.51. The van der Waals surface area contributed by atoms with Crippen LogP contribution in [0.1, 0.15) is 38.6 Å². The van der Waals surface area contributed by atoms with E-state index in [9.17, 15) is 4.79 Å². The fourth-order valence-corrected chi connectivity index (χ4v) is 3.90. The van der Waals surface area contributed by atoms with E-state index in [2.05, 4.69) is 22.5 Å². The Kier molecular flexibility index (Phi) is 4.72. The second-order valence-corrected chi connectivity index (χ2v) is 8.53. The smallest absolute Gasteiger partial charge is 0.227 e. The van der Waals surface area contributed by atoms with E-state index in [1.165, 1.54) is 0 Å². The van der Waals surface area contributed by atoms with E-state index in [-0.39, 0.29) is 11.3 Å². The lowest BCUT2D eigenvalue weighted by atomic mass is 9.95. The van der Waals surface area contributed by atoms with E-state index in [1.807, 2.05) is 38.7 Å². The van der Waals surface area contributed by atoms with E-state index in [4.69, 9.17) is 4.98 Å². The first-order chi connectivity index (χ1) is 11.3. The number of carbonyl (C=O) groups is 1. The first kappa shape index (κ1) is 17.1. The van der Waals surface area contributed by atoms with Crippen molar-refractivity contribution in [3.8, 4) is 10.7 Å². The minimum atomic E-state index is -0.296. The molecule has 1 aliphatic heterocycles. The molecule has 0 spiro atoms. The summed E-state index contributed by atoms with van der Waals surface area (Å²) in [6.07, 6.45) is 1.98. The molecule has 1 saturated heterocycles. The van der Waals surface area contributed by atoms with Gasteiger partial charge in [0.15, 0.2) is 0 Å². The van der Waals surface area contributed by atoms with Gasteiger partial charge in [-0.1, -0.05) is 26.8 Å². The second kappa shape index (κ2) is 6.63. The molecule has 0 N–H and O–H groups in total. The zero-order chi connectivity index (χ0) is 17.3. The molecule has 0 aromatic carbocycles. The molecule has 2 aromatic heterocycles. The number of hydrogen-bond donors (Lipinski definition) is 0. The van der Waals surface area contributed by atoms with Crippen LogP contribution in [0.15, 0.2) is 23.6 Å². The maximum Gasteiger partial charge on any atom is 0.227 e. The molecule has 0 saturated carbocycles. The molecular weight excluding hydrogens is 318 g/mol. The Bertz CT molecular complexity index is 732. The summed E-state index contributed by atoms with van der Waals surface area (Å²) in [5, 5.41) is 3.03. The number of thiazole rings is 1. The molecule has 128 valence electrons. The molecule has 0 aliphatic carbocycles. The quantitative estimate of drug-likeness (QED) is 0.848. The predicted molar refractivity (Wildman–Crippen MR) is 97.9 cm³/mol.